The van der Waals surface area contributed by atoms with Crippen molar-refractivity contribution >= 4 is 39.9 Å². The molecule has 1 unspecified atom stereocenters. The number of carbonyl (C=O) groups is 3. The number of anilines is 1. The molecule has 1 aliphatic rings. The minimum absolute atomic E-state index is 0.0844. The summed E-state index contributed by atoms with van der Waals surface area (Å²) in [6, 6.07) is 8.31. The zero-order valence-electron chi connectivity index (χ0n) is 22.8. The normalized spacial score (nSPS) is 16.3. The summed E-state index contributed by atoms with van der Waals surface area (Å²) in [5.41, 5.74) is 1.52. The molecule has 2 heterocycles. The van der Waals surface area contributed by atoms with Crippen molar-refractivity contribution in [2.75, 3.05) is 24.7 Å². The number of Topliss-reactive ketones (excluding diaryl/α,β-unsaturated/α-hetero) is 1. The van der Waals surface area contributed by atoms with Crippen LogP contribution in [0.15, 0.2) is 42.0 Å². The Morgan fingerprint density at radius 2 is 1.75 bits per heavy atom. The standard InChI is InChI=1S/C29H30N2O8S/c1-6-37-18-10-11-19(15(4)13-18)24(33)22-23(17-9-12-20(32)21(14-17)38-7-2)31(27(35)25(22)34)29-30-16(5)26(40-29)28(36)39-8-3/h9-14,23,32-33H,6-8H2,1-5H3/b24-22+. The summed E-state index contributed by atoms with van der Waals surface area (Å²) >= 11 is 0.913. The number of ketones is 1. The van der Waals surface area contributed by atoms with Gasteiger partial charge in [-0.3, -0.25) is 14.5 Å². The van der Waals surface area contributed by atoms with Crippen LogP contribution in [-0.4, -0.2) is 52.7 Å². The molecule has 40 heavy (non-hydrogen) atoms. The van der Waals surface area contributed by atoms with Crippen LogP contribution >= 0.6 is 11.3 Å². The van der Waals surface area contributed by atoms with Gasteiger partial charge in [0.2, 0.25) is 0 Å². The molecule has 2 aromatic carbocycles. The van der Waals surface area contributed by atoms with Gasteiger partial charge in [-0.2, -0.15) is 0 Å². The minimum atomic E-state index is -1.13. The molecule has 0 spiro atoms. The first-order chi connectivity index (χ1) is 19.1. The average molecular weight is 567 g/mol. The summed E-state index contributed by atoms with van der Waals surface area (Å²) in [6.07, 6.45) is 0. The number of carbonyl (C=O) groups excluding carboxylic acids is 3. The lowest BCUT2D eigenvalue weighted by molar-refractivity contribution is -0.132. The van der Waals surface area contributed by atoms with Crippen molar-refractivity contribution in [3.05, 3.63) is 69.2 Å². The van der Waals surface area contributed by atoms with Crippen molar-refractivity contribution in [3.63, 3.8) is 0 Å². The van der Waals surface area contributed by atoms with Crippen molar-refractivity contribution in [1.29, 1.82) is 0 Å². The number of aromatic nitrogens is 1. The molecular formula is C29H30N2O8S. The van der Waals surface area contributed by atoms with Gasteiger partial charge in [0.15, 0.2) is 16.6 Å². The summed E-state index contributed by atoms with van der Waals surface area (Å²) in [6.45, 7) is 9.52. The zero-order valence-corrected chi connectivity index (χ0v) is 23.6. The van der Waals surface area contributed by atoms with Crippen LogP contribution in [0.1, 0.15) is 58.9 Å². The lowest BCUT2D eigenvalue weighted by Gasteiger charge is -2.24. The van der Waals surface area contributed by atoms with Crippen LogP contribution in [0.3, 0.4) is 0 Å². The highest BCUT2D eigenvalue weighted by Crippen LogP contribution is 2.45. The molecule has 1 atom stereocenters. The number of rotatable bonds is 9. The van der Waals surface area contributed by atoms with E-state index >= 15 is 0 Å². The van der Waals surface area contributed by atoms with E-state index in [-0.39, 0.29) is 46.1 Å². The molecule has 10 nitrogen and oxygen atoms in total. The van der Waals surface area contributed by atoms with E-state index in [0.717, 1.165) is 16.2 Å². The number of nitrogens with zero attached hydrogens (tertiary/aromatic N) is 2. The molecule has 0 aliphatic carbocycles. The number of amides is 1. The summed E-state index contributed by atoms with van der Waals surface area (Å²) < 4.78 is 16.2. The maximum atomic E-state index is 13.5. The van der Waals surface area contributed by atoms with Crippen LogP contribution in [-0.2, 0) is 14.3 Å². The van der Waals surface area contributed by atoms with Gasteiger partial charge < -0.3 is 24.4 Å². The second-order valence-corrected chi connectivity index (χ2v) is 9.85. The fraction of sp³-hybridized carbons (Fsp3) is 0.310. The van der Waals surface area contributed by atoms with E-state index in [9.17, 15) is 24.6 Å². The van der Waals surface area contributed by atoms with E-state index in [2.05, 4.69) is 4.98 Å². The van der Waals surface area contributed by atoms with E-state index in [0.29, 0.717) is 34.7 Å². The van der Waals surface area contributed by atoms with Gasteiger partial charge in [0.05, 0.1) is 37.1 Å². The third-order valence-corrected chi connectivity index (χ3v) is 7.40. The molecular weight excluding hydrogens is 536 g/mol. The molecule has 0 saturated carbocycles. The van der Waals surface area contributed by atoms with Crippen molar-refractivity contribution in [1.82, 2.24) is 4.98 Å². The summed E-state index contributed by atoms with van der Waals surface area (Å²) in [4.78, 5) is 45.3. The number of aliphatic hydroxyl groups excluding tert-OH is 1. The highest BCUT2D eigenvalue weighted by Gasteiger charge is 2.48. The van der Waals surface area contributed by atoms with Gasteiger partial charge in [-0.1, -0.05) is 17.4 Å². The Morgan fingerprint density at radius 3 is 2.40 bits per heavy atom. The summed E-state index contributed by atoms with van der Waals surface area (Å²) in [5, 5.41) is 21.9. The van der Waals surface area contributed by atoms with Crippen LogP contribution in [0.4, 0.5) is 5.13 Å². The number of hydrogen-bond donors (Lipinski definition) is 2. The number of ether oxygens (including phenoxy) is 3. The molecule has 0 radical (unpaired) electrons. The van der Waals surface area contributed by atoms with Crippen molar-refractivity contribution < 1.29 is 38.8 Å². The van der Waals surface area contributed by atoms with E-state index in [4.69, 9.17) is 14.2 Å². The Balaban J connectivity index is 1.94. The zero-order chi connectivity index (χ0) is 29.1. The van der Waals surface area contributed by atoms with Crippen molar-refractivity contribution in [2.45, 2.75) is 40.7 Å². The number of phenols is 1. The highest BCUT2D eigenvalue weighted by molar-refractivity contribution is 7.17. The molecule has 1 aromatic heterocycles. The second kappa shape index (κ2) is 11.8. The van der Waals surface area contributed by atoms with E-state index < -0.39 is 23.7 Å². The third kappa shape index (κ3) is 5.24. The number of aliphatic hydroxyl groups is 1. The van der Waals surface area contributed by atoms with Crippen molar-refractivity contribution in [3.8, 4) is 17.2 Å². The SMILES string of the molecule is CCOC(=O)c1sc(N2C(=O)C(=O)/C(=C(/O)c3ccc(OCC)cc3C)C2c2ccc(O)c(OCC)c2)nc1C. The van der Waals surface area contributed by atoms with Gasteiger partial charge in [0.1, 0.15) is 16.4 Å². The molecule has 1 saturated heterocycles. The molecule has 1 aliphatic heterocycles. The van der Waals surface area contributed by atoms with Gasteiger partial charge >= 0.3 is 11.9 Å². The fourth-order valence-electron chi connectivity index (χ4n) is 4.49. The number of aryl methyl sites for hydroxylation is 2. The molecule has 2 N–H and O–H groups in total. The maximum absolute atomic E-state index is 13.5. The van der Waals surface area contributed by atoms with Gasteiger partial charge in [-0.25, -0.2) is 9.78 Å². The Hall–Kier alpha value is -4.38. The Bertz CT molecular complexity index is 1510. The lowest BCUT2D eigenvalue weighted by atomic mass is 9.93. The molecule has 1 fully saturated rings. The third-order valence-electron chi connectivity index (χ3n) is 6.26. The number of esters is 1. The highest BCUT2D eigenvalue weighted by atomic mass is 32.1. The van der Waals surface area contributed by atoms with Crippen molar-refractivity contribution in [2.24, 2.45) is 0 Å². The summed E-state index contributed by atoms with van der Waals surface area (Å²) in [7, 11) is 0. The topological polar surface area (TPSA) is 135 Å². The Morgan fingerprint density at radius 1 is 1.02 bits per heavy atom. The van der Waals surface area contributed by atoms with Crippen LogP contribution < -0.4 is 14.4 Å². The van der Waals surface area contributed by atoms with Crippen LogP contribution in [0.2, 0.25) is 0 Å². The van der Waals surface area contributed by atoms with E-state index in [1.54, 1.807) is 45.9 Å². The van der Waals surface area contributed by atoms with Gasteiger partial charge in [-0.15, -0.1) is 0 Å². The minimum Gasteiger partial charge on any atom is -0.507 e. The number of benzene rings is 2. The lowest BCUT2D eigenvalue weighted by Crippen LogP contribution is -2.29. The van der Waals surface area contributed by atoms with E-state index in [1.165, 1.54) is 18.2 Å². The molecule has 0 bridgehead atoms. The number of hydrogen-bond acceptors (Lipinski definition) is 10. The quantitative estimate of drug-likeness (QED) is 0.158. The number of thiazole rings is 1. The summed E-state index contributed by atoms with van der Waals surface area (Å²) in [5.74, 6) is -2.21. The largest absolute Gasteiger partial charge is 0.507 e. The molecule has 1 amide bonds. The second-order valence-electron chi connectivity index (χ2n) is 8.87. The average Bonchev–Trinajstić information content (AvgIpc) is 3.42. The first-order valence-electron chi connectivity index (χ1n) is 12.8. The predicted octanol–water partition coefficient (Wildman–Crippen LogP) is 5.07. The van der Waals surface area contributed by atoms with Gasteiger partial charge in [0, 0.05) is 5.56 Å². The maximum Gasteiger partial charge on any atom is 0.350 e. The Kier molecular flexibility index (Phi) is 8.43. The first-order valence-corrected chi connectivity index (χ1v) is 13.6. The van der Waals surface area contributed by atoms with Crippen LogP contribution in [0, 0.1) is 13.8 Å². The molecule has 3 aromatic rings. The fourth-order valence-corrected chi connectivity index (χ4v) is 5.48. The smallest absolute Gasteiger partial charge is 0.350 e. The first kappa shape index (κ1) is 28.6. The molecule has 210 valence electrons. The van der Waals surface area contributed by atoms with Crippen LogP contribution in [0.5, 0.6) is 17.2 Å². The van der Waals surface area contributed by atoms with E-state index in [1.807, 2.05) is 6.92 Å². The van der Waals surface area contributed by atoms with Crippen LogP contribution in [0.25, 0.3) is 5.76 Å². The number of aromatic hydroxyl groups is 1. The van der Waals surface area contributed by atoms with Gasteiger partial charge in [-0.05, 0) is 76.1 Å². The monoisotopic (exact) mass is 566 g/mol. The van der Waals surface area contributed by atoms with Gasteiger partial charge in [0.25, 0.3) is 5.78 Å². The molecule has 11 heteroatoms. The predicted molar refractivity (Wildman–Crippen MR) is 149 cm³/mol. The Labute approximate surface area is 235 Å². The molecule has 4 rings (SSSR count). The number of phenolic OH excluding ortho intramolecular Hbond substituents is 1.